The Labute approximate surface area is 238 Å². The number of hydrogen-bond donors (Lipinski definition) is 2. The van der Waals surface area contributed by atoms with Crippen LogP contribution in [0.15, 0.2) is 48.8 Å². The highest BCUT2D eigenvalue weighted by Crippen LogP contribution is 2.59. The molecule has 210 valence electrons. The zero-order chi connectivity index (χ0) is 29.1. The molecule has 4 aromatic rings. The average molecular weight is 551 g/mol. The third kappa shape index (κ3) is 4.69. The average Bonchev–Trinajstić information content (AvgIpc) is 3.27. The van der Waals surface area contributed by atoms with Crippen molar-refractivity contribution in [1.82, 2.24) is 30.4 Å². The topological polar surface area (TPSA) is 121 Å². The minimum absolute atomic E-state index is 0.0153. The summed E-state index contributed by atoms with van der Waals surface area (Å²) in [6, 6.07) is 11.1. The summed E-state index contributed by atoms with van der Waals surface area (Å²) >= 11 is 0. The Morgan fingerprint density at radius 3 is 2.51 bits per heavy atom. The third-order valence-electron chi connectivity index (χ3n) is 8.78. The first-order valence-corrected chi connectivity index (χ1v) is 14.0. The maximum atomic E-state index is 14.2. The van der Waals surface area contributed by atoms with E-state index >= 15 is 0 Å². The van der Waals surface area contributed by atoms with E-state index in [1.165, 1.54) is 6.92 Å². The van der Waals surface area contributed by atoms with Gasteiger partial charge < -0.3 is 10.2 Å². The summed E-state index contributed by atoms with van der Waals surface area (Å²) in [5.41, 5.74) is 5.06. The minimum Gasteiger partial charge on any atom is -0.348 e. The number of ketones is 1. The molecule has 9 heteroatoms. The fourth-order valence-electron chi connectivity index (χ4n) is 6.39. The molecule has 2 aromatic carbocycles. The first-order valence-electron chi connectivity index (χ1n) is 14.0. The van der Waals surface area contributed by atoms with E-state index in [1.807, 2.05) is 57.2 Å². The van der Waals surface area contributed by atoms with Crippen LogP contribution in [0.25, 0.3) is 22.0 Å². The molecule has 9 nitrogen and oxygen atoms in total. The lowest BCUT2D eigenvalue weighted by Crippen LogP contribution is -2.49. The number of aromatic amines is 1. The predicted molar refractivity (Wildman–Crippen MR) is 155 cm³/mol. The molecule has 2 fully saturated rings. The van der Waals surface area contributed by atoms with E-state index in [0.29, 0.717) is 34.4 Å². The van der Waals surface area contributed by atoms with Crippen molar-refractivity contribution in [2.24, 2.45) is 5.41 Å². The molecule has 41 heavy (non-hydrogen) atoms. The maximum absolute atomic E-state index is 14.2. The van der Waals surface area contributed by atoms with E-state index in [0.717, 1.165) is 28.7 Å². The summed E-state index contributed by atoms with van der Waals surface area (Å²) in [7, 11) is 0. The van der Waals surface area contributed by atoms with Crippen molar-refractivity contribution >= 4 is 28.5 Å². The van der Waals surface area contributed by atoms with E-state index in [9.17, 15) is 14.4 Å². The zero-order valence-electron chi connectivity index (χ0n) is 24.0. The van der Waals surface area contributed by atoms with Crippen molar-refractivity contribution in [1.29, 1.82) is 0 Å². The Bertz CT molecular complexity index is 1680. The number of benzene rings is 2. The van der Waals surface area contributed by atoms with Crippen molar-refractivity contribution < 1.29 is 14.4 Å². The smallest absolute Gasteiger partial charge is 0.243 e. The number of H-pyrrole nitrogens is 1. The number of hydrogen-bond acceptors (Lipinski definition) is 6. The van der Waals surface area contributed by atoms with Gasteiger partial charge in [0.15, 0.2) is 5.78 Å². The molecule has 0 unspecified atom stereocenters. The number of fused-ring (bicyclic) bond motifs is 2. The van der Waals surface area contributed by atoms with Crippen LogP contribution in [-0.2, 0) is 16.0 Å². The molecule has 1 aliphatic carbocycles. The highest BCUT2D eigenvalue weighted by molar-refractivity contribution is 6.09. The first kappa shape index (κ1) is 26.8. The van der Waals surface area contributed by atoms with Gasteiger partial charge in [0, 0.05) is 36.3 Å². The van der Waals surface area contributed by atoms with Gasteiger partial charge in [-0.05, 0) is 67.3 Å². The molecule has 1 aliphatic heterocycles. The van der Waals surface area contributed by atoms with Crippen LogP contribution in [0, 0.1) is 19.3 Å². The molecule has 2 aliphatic rings. The van der Waals surface area contributed by atoms with Gasteiger partial charge in [-0.15, -0.1) is 0 Å². The van der Waals surface area contributed by atoms with Gasteiger partial charge in [-0.3, -0.25) is 19.5 Å². The Balaban J connectivity index is 1.37. The van der Waals surface area contributed by atoms with Crippen molar-refractivity contribution in [3.8, 4) is 11.1 Å². The summed E-state index contributed by atoms with van der Waals surface area (Å²) < 4.78 is 0. The quantitative estimate of drug-likeness (QED) is 0.324. The fraction of sp³-hybridized carbons (Fsp3) is 0.375. The molecule has 2 aromatic heterocycles. The number of carbonyl (C=O) groups excluding carboxylic acids is 3. The largest absolute Gasteiger partial charge is 0.348 e. The zero-order valence-corrected chi connectivity index (χ0v) is 24.0. The monoisotopic (exact) mass is 550 g/mol. The third-order valence-corrected chi connectivity index (χ3v) is 8.78. The van der Waals surface area contributed by atoms with Crippen LogP contribution in [0.3, 0.4) is 0 Å². The molecular weight excluding hydrogens is 516 g/mol. The van der Waals surface area contributed by atoms with Gasteiger partial charge in [-0.2, -0.15) is 5.10 Å². The highest BCUT2D eigenvalue weighted by atomic mass is 16.2. The lowest BCUT2D eigenvalue weighted by Gasteiger charge is -2.29. The molecule has 1 saturated carbocycles. The van der Waals surface area contributed by atoms with E-state index in [1.54, 1.807) is 17.3 Å². The summed E-state index contributed by atoms with van der Waals surface area (Å²) in [5.74, 6) is 0.192. The van der Waals surface area contributed by atoms with Crippen molar-refractivity contribution in [2.45, 2.75) is 72.0 Å². The van der Waals surface area contributed by atoms with E-state index in [4.69, 9.17) is 0 Å². The molecule has 0 bridgehead atoms. The van der Waals surface area contributed by atoms with Gasteiger partial charge in [0.05, 0.1) is 18.0 Å². The normalized spacial score (nSPS) is 21.9. The van der Waals surface area contributed by atoms with Gasteiger partial charge in [-0.25, -0.2) is 9.97 Å². The van der Waals surface area contributed by atoms with Crippen LogP contribution < -0.4 is 5.32 Å². The molecule has 0 radical (unpaired) electrons. The van der Waals surface area contributed by atoms with Crippen molar-refractivity contribution in [3.63, 3.8) is 0 Å². The van der Waals surface area contributed by atoms with Crippen LogP contribution in [-0.4, -0.2) is 54.7 Å². The number of amides is 2. The van der Waals surface area contributed by atoms with Crippen LogP contribution in [0.5, 0.6) is 0 Å². The fourth-order valence-corrected chi connectivity index (χ4v) is 6.39. The minimum atomic E-state index is -0.555. The number of piperidine rings is 1. The number of nitrogens with one attached hydrogen (secondary N) is 2. The number of carbonyl (C=O) groups is 3. The van der Waals surface area contributed by atoms with E-state index in [2.05, 4.69) is 32.4 Å². The number of rotatable bonds is 7. The number of aromatic nitrogens is 4. The molecule has 2 amide bonds. The standard InChI is InChI=1S/C32H34N6O3/c1-17-11-23(22-15-33-20(4)34-16-22)24(28-29(17)36-37-30(28)19(3)39)12-27(40)38-25(13-32(5)14-26(32)38)31(41)35-18(2)21-9-7-6-8-10-21/h6-11,15-16,18,25-26H,12-14H2,1-5H3,(H,35,41)(H,36,37)/t18-,25+,26-,32+/m1/s1. The first-order chi connectivity index (χ1) is 19.6. The van der Waals surface area contributed by atoms with Crippen LogP contribution in [0.1, 0.15) is 72.7 Å². The predicted octanol–water partition coefficient (Wildman–Crippen LogP) is 4.64. The molecule has 0 spiro atoms. The second-order valence-corrected chi connectivity index (χ2v) is 11.8. The molecule has 2 N–H and O–H groups in total. The summed E-state index contributed by atoms with van der Waals surface area (Å²) in [5, 5.41) is 11.1. The summed E-state index contributed by atoms with van der Waals surface area (Å²) in [6.07, 6.45) is 5.00. The number of aryl methyl sites for hydroxylation is 2. The Hall–Kier alpha value is -4.40. The summed E-state index contributed by atoms with van der Waals surface area (Å²) in [6.45, 7) is 9.34. The molecular formula is C32H34N6O3. The Kier molecular flexibility index (Phi) is 6.47. The second kappa shape index (κ2) is 9.90. The van der Waals surface area contributed by atoms with Gasteiger partial charge in [0.2, 0.25) is 11.8 Å². The van der Waals surface area contributed by atoms with Gasteiger partial charge in [0.1, 0.15) is 17.6 Å². The van der Waals surface area contributed by atoms with Crippen molar-refractivity contribution in [3.05, 3.63) is 77.0 Å². The number of likely N-dealkylation sites (tertiary alicyclic amines) is 1. The van der Waals surface area contributed by atoms with E-state index in [-0.39, 0.29) is 41.5 Å². The maximum Gasteiger partial charge on any atom is 0.243 e. The van der Waals surface area contributed by atoms with Gasteiger partial charge in [-0.1, -0.05) is 37.3 Å². The second-order valence-electron chi connectivity index (χ2n) is 11.8. The Morgan fingerprint density at radius 2 is 1.83 bits per heavy atom. The lowest BCUT2D eigenvalue weighted by molar-refractivity contribution is -0.139. The van der Waals surface area contributed by atoms with Gasteiger partial charge >= 0.3 is 0 Å². The van der Waals surface area contributed by atoms with Crippen LogP contribution in [0.2, 0.25) is 0 Å². The highest BCUT2D eigenvalue weighted by Gasteiger charge is 2.64. The van der Waals surface area contributed by atoms with Crippen molar-refractivity contribution in [2.75, 3.05) is 0 Å². The van der Waals surface area contributed by atoms with Crippen LogP contribution in [0.4, 0.5) is 0 Å². The van der Waals surface area contributed by atoms with Crippen LogP contribution >= 0.6 is 0 Å². The SMILES string of the molecule is CC(=O)c1[nH]nc2c(C)cc(-c3cnc(C)nc3)c(CC(=O)N3[C@H](C(=O)N[C@H](C)c4ccccc4)C[C@@]4(C)C[C@@H]34)c12. The van der Waals surface area contributed by atoms with E-state index < -0.39 is 6.04 Å². The summed E-state index contributed by atoms with van der Waals surface area (Å²) in [4.78, 5) is 51.0. The number of nitrogens with zero attached hydrogens (tertiary/aromatic N) is 4. The molecule has 4 atom stereocenters. The number of Topliss-reactive ketones (excluding diaryl/α,β-unsaturated/α-hetero) is 1. The van der Waals surface area contributed by atoms with Gasteiger partial charge in [0.25, 0.3) is 0 Å². The molecule has 3 heterocycles. The molecule has 6 rings (SSSR count). The Morgan fingerprint density at radius 1 is 1.12 bits per heavy atom. The lowest BCUT2D eigenvalue weighted by atomic mass is 9.91. The molecule has 1 saturated heterocycles.